The molecule has 0 saturated carbocycles. The number of ether oxygens (including phenoxy) is 1. The Morgan fingerprint density at radius 2 is 2.20 bits per heavy atom. The van der Waals surface area contributed by atoms with E-state index < -0.39 is 12.1 Å². The van der Waals surface area contributed by atoms with Crippen LogP contribution in [-0.4, -0.2) is 29.5 Å². The molecular weight excluding hydrogens is 316 g/mol. The largest absolute Gasteiger partial charge is 0.449 e. The van der Waals surface area contributed by atoms with Crippen molar-refractivity contribution >= 4 is 22.8 Å². The lowest BCUT2D eigenvalue weighted by Crippen LogP contribution is -2.36. The maximum Gasteiger partial charge on any atom is 0.338 e. The predicted molar refractivity (Wildman–Crippen MR) is 97.7 cm³/mol. The first-order valence-corrected chi connectivity index (χ1v) is 9.11. The first-order chi connectivity index (χ1) is 12.0. The van der Waals surface area contributed by atoms with Crippen molar-refractivity contribution in [3.63, 3.8) is 0 Å². The highest BCUT2D eigenvalue weighted by Gasteiger charge is 2.22. The highest BCUT2D eigenvalue weighted by molar-refractivity contribution is 5.97. The minimum Gasteiger partial charge on any atom is -0.449 e. The summed E-state index contributed by atoms with van der Waals surface area (Å²) < 4.78 is 5.32. The van der Waals surface area contributed by atoms with Crippen LogP contribution >= 0.6 is 0 Å². The second kappa shape index (κ2) is 7.30. The third kappa shape index (κ3) is 3.70. The Kier molecular flexibility index (Phi) is 5.11. The fourth-order valence-electron chi connectivity index (χ4n) is 3.39. The van der Waals surface area contributed by atoms with E-state index in [4.69, 9.17) is 4.74 Å². The van der Waals surface area contributed by atoms with Gasteiger partial charge < -0.3 is 15.0 Å². The van der Waals surface area contributed by atoms with Crippen molar-refractivity contribution in [1.29, 1.82) is 0 Å². The summed E-state index contributed by atoms with van der Waals surface area (Å²) in [5, 5.41) is 3.84. The van der Waals surface area contributed by atoms with E-state index in [2.05, 4.69) is 17.2 Å². The molecule has 2 N–H and O–H groups in total. The van der Waals surface area contributed by atoms with E-state index in [-0.39, 0.29) is 5.91 Å². The van der Waals surface area contributed by atoms with Gasteiger partial charge in [-0.1, -0.05) is 13.8 Å². The Morgan fingerprint density at radius 1 is 1.40 bits per heavy atom. The molecule has 5 nitrogen and oxygen atoms in total. The van der Waals surface area contributed by atoms with Crippen LogP contribution in [-0.2, 0) is 22.4 Å². The third-order valence-electron chi connectivity index (χ3n) is 4.87. The predicted octanol–water partition coefficient (Wildman–Crippen LogP) is 3.36. The van der Waals surface area contributed by atoms with E-state index >= 15 is 0 Å². The zero-order valence-electron chi connectivity index (χ0n) is 15.1. The number of aromatic nitrogens is 1. The number of rotatable bonds is 5. The van der Waals surface area contributed by atoms with Crippen LogP contribution in [0.2, 0.25) is 0 Å². The number of benzene rings is 1. The third-order valence-corrected chi connectivity index (χ3v) is 4.87. The molecule has 0 radical (unpaired) electrons. The molecule has 3 rings (SSSR count). The minimum atomic E-state index is -0.796. The smallest absolute Gasteiger partial charge is 0.338 e. The average molecular weight is 342 g/mol. The first kappa shape index (κ1) is 17.5. The van der Waals surface area contributed by atoms with E-state index in [0.717, 1.165) is 30.2 Å². The summed E-state index contributed by atoms with van der Waals surface area (Å²) in [6.07, 6.45) is 3.33. The van der Waals surface area contributed by atoms with E-state index in [1.165, 1.54) is 17.7 Å². The maximum absolute atomic E-state index is 12.4. The zero-order chi connectivity index (χ0) is 18.0. The molecule has 1 aliphatic carbocycles. The SMILES string of the molecule is CCCNC(=O)[C@@H](C)OC(=O)c1ccc2[nH]c3c(c2c1)C[C@H](C)CC3. The quantitative estimate of drug-likeness (QED) is 0.819. The Bertz CT molecular complexity index is 794. The summed E-state index contributed by atoms with van der Waals surface area (Å²) in [6, 6.07) is 5.57. The van der Waals surface area contributed by atoms with E-state index in [1.54, 1.807) is 13.0 Å². The molecule has 1 heterocycles. The van der Waals surface area contributed by atoms with Crippen LogP contribution in [0.1, 0.15) is 55.2 Å². The minimum absolute atomic E-state index is 0.260. The lowest BCUT2D eigenvalue weighted by molar-refractivity contribution is -0.129. The lowest BCUT2D eigenvalue weighted by atomic mass is 9.87. The zero-order valence-corrected chi connectivity index (χ0v) is 15.1. The molecule has 1 aromatic heterocycles. The van der Waals surface area contributed by atoms with Crippen molar-refractivity contribution in [2.45, 2.75) is 52.6 Å². The molecule has 5 heteroatoms. The Hall–Kier alpha value is -2.30. The molecule has 0 fully saturated rings. The average Bonchev–Trinajstić information content (AvgIpc) is 2.96. The van der Waals surface area contributed by atoms with Crippen LogP contribution in [0.5, 0.6) is 0 Å². The van der Waals surface area contributed by atoms with Gasteiger partial charge in [-0.05, 0) is 62.3 Å². The normalized spacial score (nSPS) is 17.8. The number of nitrogens with one attached hydrogen (secondary N) is 2. The van der Waals surface area contributed by atoms with Crippen molar-refractivity contribution < 1.29 is 14.3 Å². The van der Waals surface area contributed by atoms with Gasteiger partial charge in [0.2, 0.25) is 0 Å². The van der Waals surface area contributed by atoms with Crippen molar-refractivity contribution in [3.8, 4) is 0 Å². The molecule has 134 valence electrons. The molecule has 1 aliphatic rings. The van der Waals surface area contributed by atoms with Crippen LogP contribution in [0, 0.1) is 5.92 Å². The standard InChI is InChI=1S/C20H26N2O3/c1-4-9-21-19(23)13(3)25-20(24)14-6-8-18-16(11-14)15-10-12(2)5-7-17(15)22-18/h6,8,11-13,22H,4-5,7,9-10H2,1-3H3,(H,21,23)/t12-,13-/m1/s1. The molecule has 0 saturated heterocycles. The van der Waals surface area contributed by atoms with Gasteiger partial charge in [0.1, 0.15) is 0 Å². The summed E-state index contributed by atoms with van der Waals surface area (Å²) in [6.45, 7) is 6.42. The number of aryl methyl sites for hydroxylation is 1. The lowest BCUT2D eigenvalue weighted by Gasteiger charge is -2.18. The van der Waals surface area contributed by atoms with Crippen molar-refractivity contribution in [1.82, 2.24) is 10.3 Å². The van der Waals surface area contributed by atoms with Crippen LogP contribution in [0.15, 0.2) is 18.2 Å². The number of aromatic amines is 1. The summed E-state index contributed by atoms with van der Waals surface area (Å²) in [5.41, 5.74) is 4.15. The molecule has 2 atom stereocenters. The molecule has 1 aromatic carbocycles. The molecule has 0 spiro atoms. The molecule has 25 heavy (non-hydrogen) atoms. The van der Waals surface area contributed by atoms with E-state index in [1.807, 2.05) is 19.1 Å². The number of hydrogen-bond donors (Lipinski definition) is 2. The molecule has 0 bridgehead atoms. The molecule has 0 aliphatic heterocycles. The summed E-state index contributed by atoms with van der Waals surface area (Å²) in [4.78, 5) is 27.8. The number of carbonyl (C=O) groups is 2. The monoisotopic (exact) mass is 342 g/mol. The number of H-pyrrole nitrogens is 1. The Balaban J connectivity index is 1.78. The summed E-state index contributed by atoms with van der Waals surface area (Å²) in [5.74, 6) is -0.0617. The van der Waals surface area contributed by atoms with Crippen LogP contribution in [0.25, 0.3) is 10.9 Å². The van der Waals surface area contributed by atoms with E-state index in [9.17, 15) is 9.59 Å². The van der Waals surface area contributed by atoms with Gasteiger partial charge in [-0.3, -0.25) is 4.79 Å². The second-order valence-corrected chi connectivity index (χ2v) is 7.03. The van der Waals surface area contributed by atoms with Gasteiger partial charge in [0.15, 0.2) is 6.10 Å². The van der Waals surface area contributed by atoms with Gasteiger partial charge in [0, 0.05) is 23.1 Å². The van der Waals surface area contributed by atoms with Crippen molar-refractivity contribution in [2.24, 2.45) is 5.92 Å². The van der Waals surface area contributed by atoms with Gasteiger partial charge in [-0.15, -0.1) is 0 Å². The van der Waals surface area contributed by atoms with Gasteiger partial charge in [0.05, 0.1) is 5.56 Å². The fourth-order valence-corrected chi connectivity index (χ4v) is 3.39. The molecule has 1 amide bonds. The maximum atomic E-state index is 12.4. The highest BCUT2D eigenvalue weighted by Crippen LogP contribution is 2.32. The van der Waals surface area contributed by atoms with Gasteiger partial charge >= 0.3 is 5.97 Å². The van der Waals surface area contributed by atoms with Gasteiger partial charge in [0.25, 0.3) is 5.91 Å². The van der Waals surface area contributed by atoms with Crippen LogP contribution < -0.4 is 5.32 Å². The Morgan fingerprint density at radius 3 is 2.96 bits per heavy atom. The number of hydrogen-bond acceptors (Lipinski definition) is 3. The van der Waals surface area contributed by atoms with Crippen molar-refractivity contribution in [2.75, 3.05) is 6.54 Å². The Labute approximate surface area is 148 Å². The van der Waals surface area contributed by atoms with Gasteiger partial charge in [-0.25, -0.2) is 4.79 Å². The summed E-state index contributed by atoms with van der Waals surface area (Å²) in [7, 11) is 0. The number of fused-ring (bicyclic) bond motifs is 3. The highest BCUT2D eigenvalue weighted by atomic mass is 16.5. The second-order valence-electron chi connectivity index (χ2n) is 7.03. The first-order valence-electron chi connectivity index (χ1n) is 9.11. The van der Waals surface area contributed by atoms with E-state index in [0.29, 0.717) is 18.0 Å². The fraction of sp³-hybridized carbons (Fsp3) is 0.500. The van der Waals surface area contributed by atoms with Crippen LogP contribution in [0.3, 0.4) is 0 Å². The van der Waals surface area contributed by atoms with Crippen LogP contribution in [0.4, 0.5) is 0 Å². The van der Waals surface area contributed by atoms with Crippen molar-refractivity contribution in [3.05, 3.63) is 35.0 Å². The number of esters is 1. The molecule has 2 aromatic rings. The topological polar surface area (TPSA) is 71.2 Å². The number of carbonyl (C=O) groups excluding carboxylic acids is 2. The summed E-state index contributed by atoms with van der Waals surface area (Å²) >= 11 is 0. The number of amides is 1. The molecular formula is C20H26N2O3. The van der Waals surface area contributed by atoms with Gasteiger partial charge in [-0.2, -0.15) is 0 Å². The molecule has 0 unspecified atom stereocenters.